The number of rotatable bonds is 7. The fourth-order valence-electron chi connectivity index (χ4n) is 7.97. The van der Waals surface area contributed by atoms with Crippen LogP contribution in [-0.4, -0.2) is 0 Å². The Morgan fingerprint density at radius 3 is 1.74 bits per heavy atom. The highest BCUT2D eigenvalue weighted by molar-refractivity contribution is 7.26. The smallest absolute Gasteiger partial charge is 0.0546 e. The third-order valence-corrected chi connectivity index (χ3v) is 11.7. The first-order valence-electron chi connectivity index (χ1n) is 18.4. The molecule has 54 heavy (non-hydrogen) atoms. The summed E-state index contributed by atoms with van der Waals surface area (Å²) in [5.41, 5.74) is 12.9. The number of thiophene rings is 1. The van der Waals surface area contributed by atoms with Gasteiger partial charge in [-0.25, -0.2) is 0 Å². The summed E-state index contributed by atoms with van der Waals surface area (Å²) in [6.45, 7) is 0. The van der Waals surface area contributed by atoms with E-state index in [1.165, 1.54) is 75.5 Å². The summed E-state index contributed by atoms with van der Waals surface area (Å²) in [5, 5.41) is 5.05. The lowest BCUT2D eigenvalue weighted by Crippen LogP contribution is -2.12. The number of benzene rings is 9. The van der Waals surface area contributed by atoms with Gasteiger partial charge in [-0.15, -0.1) is 11.3 Å². The van der Waals surface area contributed by atoms with E-state index in [4.69, 9.17) is 0 Å². The summed E-state index contributed by atoms with van der Waals surface area (Å²) in [6, 6.07) is 77.2. The van der Waals surface area contributed by atoms with Crippen LogP contribution < -0.4 is 4.90 Å². The van der Waals surface area contributed by atoms with Crippen LogP contribution in [0.15, 0.2) is 212 Å². The van der Waals surface area contributed by atoms with Crippen LogP contribution in [0.25, 0.3) is 75.5 Å². The molecule has 0 fully saturated rings. The molecule has 0 saturated heterocycles. The maximum atomic E-state index is 2.46. The van der Waals surface area contributed by atoms with Crippen molar-refractivity contribution in [1.82, 2.24) is 0 Å². The first-order valence-corrected chi connectivity index (χ1v) is 19.2. The standard InChI is InChI=1S/C52H35NS/c1-3-17-37(18-4-1)43-24-9-10-26-47(43)51-44(38-19-5-2-6-20-38)27-15-30-49(51)53(42-33-32-36-16-7-8-21-39(36)34-42)41-23-13-22-40(35-41)45-28-14-29-48-46-25-11-12-31-50(46)54-52(45)48/h1-35H. The van der Waals surface area contributed by atoms with Crippen molar-refractivity contribution in [2.45, 2.75) is 0 Å². The summed E-state index contributed by atoms with van der Waals surface area (Å²) in [7, 11) is 0. The molecular formula is C52H35NS. The van der Waals surface area contributed by atoms with E-state index in [1.807, 2.05) is 11.3 Å². The normalized spacial score (nSPS) is 11.3. The Balaban J connectivity index is 1.26. The molecule has 0 atom stereocenters. The second-order valence-electron chi connectivity index (χ2n) is 13.7. The zero-order valence-electron chi connectivity index (χ0n) is 29.6. The molecule has 2 heteroatoms. The van der Waals surface area contributed by atoms with Gasteiger partial charge in [0.25, 0.3) is 0 Å². The minimum absolute atomic E-state index is 1.10. The van der Waals surface area contributed by atoms with Crippen molar-refractivity contribution in [2.75, 3.05) is 4.90 Å². The lowest BCUT2D eigenvalue weighted by molar-refractivity contribution is 1.29. The predicted octanol–water partition coefficient (Wildman–Crippen LogP) is 15.3. The van der Waals surface area contributed by atoms with Gasteiger partial charge in [-0.1, -0.05) is 176 Å². The molecular weight excluding hydrogens is 671 g/mol. The van der Waals surface area contributed by atoms with E-state index in [2.05, 4.69) is 217 Å². The Bertz CT molecular complexity index is 2940. The zero-order chi connectivity index (χ0) is 35.8. The Morgan fingerprint density at radius 1 is 0.333 bits per heavy atom. The fourth-order valence-corrected chi connectivity index (χ4v) is 9.21. The van der Waals surface area contributed by atoms with Crippen LogP contribution >= 0.6 is 11.3 Å². The first-order chi connectivity index (χ1) is 26.8. The fraction of sp³-hybridized carbons (Fsp3) is 0. The Labute approximate surface area is 319 Å². The zero-order valence-corrected chi connectivity index (χ0v) is 30.4. The van der Waals surface area contributed by atoms with Gasteiger partial charge in [0.15, 0.2) is 0 Å². The van der Waals surface area contributed by atoms with E-state index in [-0.39, 0.29) is 0 Å². The number of anilines is 3. The van der Waals surface area contributed by atoms with Crippen molar-refractivity contribution < 1.29 is 0 Å². The number of hydrogen-bond donors (Lipinski definition) is 0. The molecule has 0 aliphatic carbocycles. The largest absolute Gasteiger partial charge is 0.310 e. The highest BCUT2D eigenvalue weighted by Gasteiger charge is 2.23. The van der Waals surface area contributed by atoms with E-state index < -0.39 is 0 Å². The van der Waals surface area contributed by atoms with Crippen LogP contribution in [0.5, 0.6) is 0 Å². The molecule has 254 valence electrons. The maximum absolute atomic E-state index is 2.46. The van der Waals surface area contributed by atoms with Gasteiger partial charge in [0.2, 0.25) is 0 Å². The lowest BCUT2D eigenvalue weighted by Gasteiger charge is -2.30. The molecule has 1 heterocycles. The summed E-state index contributed by atoms with van der Waals surface area (Å²) in [5.74, 6) is 0. The molecule has 0 unspecified atom stereocenters. The van der Waals surface area contributed by atoms with Gasteiger partial charge in [-0.3, -0.25) is 0 Å². The molecule has 1 aromatic heterocycles. The third-order valence-electron chi connectivity index (χ3n) is 10.5. The molecule has 0 aliphatic rings. The lowest BCUT2D eigenvalue weighted by atomic mass is 9.87. The van der Waals surface area contributed by atoms with Crippen molar-refractivity contribution in [3.63, 3.8) is 0 Å². The molecule has 0 N–H and O–H groups in total. The average molecular weight is 706 g/mol. The first kappa shape index (κ1) is 32.0. The summed E-state index contributed by atoms with van der Waals surface area (Å²) < 4.78 is 2.63. The SMILES string of the molecule is c1ccc(-c2ccccc2-c2c(-c3ccccc3)cccc2N(c2cccc(-c3cccc4c3sc3ccccc34)c2)c2ccc3ccccc3c2)cc1. The van der Waals surface area contributed by atoms with Gasteiger partial charge in [0, 0.05) is 37.1 Å². The molecule has 0 aliphatic heterocycles. The van der Waals surface area contributed by atoms with Crippen LogP contribution in [0, 0.1) is 0 Å². The van der Waals surface area contributed by atoms with Gasteiger partial charge in [-0.2, -0.15) is 0 Å². The quantitative estimate of drug-likeness (QED) is 0.160. The molecule has 10 rings (SSSR count). The number of fused-ring (bicyclic) bond motifs is 4. The van der Waals surface area contributed by atoms with Gasteiger partial charge >= 0.3 is 0 Å². The predicted molar refractivity (Wildman–Crippen MR) is 233 cm³/mol. The minimum Gasteiger partial charge on any atom is -0.310 e. The highest BCUT2D eigenvalue weighted by atomic mass is 32.1. The Kier molecular flexibility index (Phi) is 8.09. The van der Waals surface area contributed by atoms with Crippen molar-refractivity contribution in [1.29, 1.82) is 0 Å². The van der Waals surface area contributed by atoms with Gasteiger partial charge in [-0.05, 0) is 86.1 Å². The second kappa shape index (κ2) is 13.7. The number of hydrogen-bond acceptors (Lipinski definition) is 2. The molecule has 10 aromatic rings. The summed E-state index contributed by atoms with van der Waals surface area (Å²) >= 11 is 1.88. The van der Waals surface area contributed by atoms with Crippen molar-refractivity contribution in [3.05, 3.63) is 212 Å². The van der Waals surface area contributed by atoms with Crippen molar-refractivity contribution >= 4 is 59.3 Å². The van der Waals surface area contributed by atoms with E-state index in [0.717, 1.165) is 17.1 Å². The van der Waals surface area contributed by atoms with Gasteiger partial charge < -0.3 is 4.90 Å². The van der Waals surface area contributed by atoms with E-state index in [9.17, 15) is 0 Å². The van der Waals surface area contributed by atoms with Crippen LogP contribution in [0.2, 0.25) is 0 Å². The molecule has 0 spiro atoms. The molecule has 0 saturated carbocycles. The second-order valence-corrected chi connectivity index (χ2v) is 14.7. The highest BCUT2D eigenvalue weighted by Crippen LogP contribution is 2.49. The van der Waals surface area contributed by atoms with Crippen LogP contribution in [-0.2, 0) is 0 Å². The van der Waals surface area contributed by atoms with Crippen molar-refractivity contribution in [3.8, 4) is 44.5 Å². The van der Waals surface area contributed by atoms with Crippen molar-refractivity contribution in [2.24, 2.45) is 0 Å². The minimum atomic E-state index is 1.10. The van der Waals surface area contributed by atoms with E-state index >= 15 is 0 Å². The Hall–Kier alpha value is -6.74. The van der Waals surface area contributed by atoms with Gasteiger partial charge in [0.1, 0.15) is 0 Å². The monoisotopic (exact) mass is 705 g/mol. The van der Waals surface area contributed by atoms with Crippen LogP contribution in [0.3, 0.4) is 0 Å². The summed E-state index contributed by atoms with van der Waals surface area (Å²) in [6.07, 6.45) is 0. The third kappa shape index (κ3) is 5.65. The number of nitrogens with zero attached hydrogens (tertiary/aromatic N) is 1. The van der Waals surface area contributed by atoms with E-state index in [1.54, 1.807) is 0 Å². The molecule has 0 bridgehead atoms. The topological polar surface area (TPSA) is 3.24 Å². The maximum Gasteiger partial charge on any atom is 0.0546 e. The van der Waals surface area contributed by atoms with Crippen LogP contribution in [0.4, 0.5) is 17.1 Å². The molecule has 1 nitrogen and oxygen atoms in total. The van der Waals surface area contributed by atoms with Crippen LogP contribution in [0.1, 0.15) is 0 Å². The summed E-state index contributed by atoms with van der Waals surface area (Å²) in [4.78, 5) is 2.46. The molecule has 0 amide bonds. The van der Waals surface area contributed by atoms with E-state index in [0.29, 0.717) is 0 Å². The average Bonchev–Trinajstić information content (AvgIpc) is 3.63. The molecule has 0 radical (unpaired) electrons. The van der Waals surface area contributed by atoms with Gasteiger partial charge in [0.05, 0.1) is 5.69 Å². The molecule has 9 aromatic carbocycles. The Morgan fingerprint density at radius 2 is 0.907 bits per heavy atom.